The quantitative estimate of drug-likeness (QED) is 0.328. The summed E-state index contributed by atoms with van der Waals surface area (Å²) < 4.78 is 10.8. The minimum atomic E-state index is -0.422. The third-order valence-electron chi connectivity index (χ3n) is 3.74. The van der Waals surface area contributed by atoms with E-state index in [2.05, 4.69) is 5.32 Å². The Morgan fingerprint density at radius 1 is 1.29 bits per heavy atom. The van der Waals surface area contributed by atoms with Gasteiger partial charge in [-0.3, -0.25) is 10.1 Å². The third-order valence-corrected chi connectivity index (χ3v) is 3.74. The molecule has 2 fully saturated rings. The van der Waals surface area contributed by atoms with Crippen molar-refractivity contribution in [1.82, 2.24) is 5.32 Å². The van der Waals surface area contributed by atoms with Gasteiger partial charge < -0.3 is 14.8 Å². The molecule has 0 radical (unpaired) electrons. The topological polar surface area (TPSA) is 73.6 Å². The first kappa shape index (κ1) is 14.3. The number of rotatable bonds is 9. The van der Waals surface area contributed by atoms with E-state index in [4.69, 9.17) is 9.47 Å². The fourth-order valence-corrected chi connectivity index (χ4v) is 2.09. The lowest BCUT2D eigenvalue weighted by molar-refractivity contribution is -0.386. The number of nitro benzene ring substituents is 1. The molecule has 3 rings (SSSR count). The zero-order valence-corrected chi connectivity index (χ0v) is 11.9. The smallest absolute Gasteiger partial charge is 0.311 e. The SMILES string of the molecule is O=[N+]([O-])c1ccc(CNC2CC2)cc1OCOCC1CC1. The van der Waals surface area contributed by atoms with Crippen LogP contribution in [0.25, 0.3) is 0 Å². The Morgan fingerprint density at radius 3 is 2.76 bits per heavy atom. The second kappa shape index (κ2) is 6.41. The van der Waals surface area contributed by atoms with Gasteiger partial charge in [-0.05, 0) is 43.2 Å². The lowest BCUT2D eigenvalue weighted by Gasteiger charge is -2.09. The molecule has 0 atom stereocenters. The first-order chi connectivity index (χ1) is 10.2. The molecule has 0 spiro atoms. The summed E-state index contributed by atoms with van der Waals surface area (Å²) in [6, 6.07) is 5.60. The summed E-state index contributed by atoms with van der Waals surface area (Å²) in [6.07, 6.45) is 4.85. The van der Waals surface area contributed by atoms with Crippen molar-refractivity contribution in [3.05, 3.63) is 33.9 Å². The van der Waals surface area contributed by atoms with Gasteiger partial charge in [-0.2, -0.15) is 0 Å². The van der Waals surface area contributed by atoms with Crippen molar-refractivity contribution in [1.29, 1.82) is 0 Å². The molecule has 2 aliphatic rings. The molecule has 21 heavy (non-hydrogen) atoms. The number of hydrogen-bond donors (Lipinski definition) is 1. The molecule has 2 saturated carbocycles. The van der Waals surface area contributed by atoms with E-state index in [1.807, 2.05) is 0 Å². The molecule has 1 aromatic rings. The first-order valence-electron chi connectivity index (χ1n) is 7.43. The van der Waals surface area contributed by atoms with Crippen LogP contribution in [0.2, 0.25) is 0 Å². The molecule has 0 aromatic heterocycles. The van der Waals surface area contributed by atoms with Crippen LogP contribution in [0.3, 0.4) is 0 Å². The highest BCUT2D eigenvalue weighted by Gasteiger charge is 2.22. The highest BCUT2D eigenvalue weighted by atomic mass is 16.7. The molecular formula is C15H20N2O4. The maximum atomic E-state index is 11.0. The van der Waals surface area contributed by atoms with Crippen LogP contribution in [0, 0.1) is 16.0 Å². The second-order valence-electron chi connectivity index (χ2n) is 5.79. The highest BCUT2D eigenvalue weighted by molar-refractivity contribution is 5.48. The molecule has 1 N–H and O–H groups in total. The van der Waals surface area contributed by atoms with Crippen LogP contribution >= 0.6 is 0 Å². The molecule has 0 heterocycles. The standard InChI is InChI=1S/C15H20N2O4/c18-17(19)14-6-3-12(8-16-13-4-5-13)7-15(14)21-10-20-9-11-1-2-11/h3,6-7,11,13,16H,1-2,4-5,8-10H2. The van der Waals surface area contributed by atoms with Crippen LogP contribution < -0.4 is 10.1 Å². The molecule has 6 nitrogen and oxygen atoms in total. The second-order valence-corrected chi connectivity index (χ2v) is 5.79. The van der Waals surface area contributed by atoms with Crippen LogP contribution in [-0.4, -0.2) is 24.4 Å². The summed E-state index contributed by atoms with van der Waals surface area (Å²) in [7, 11) is 0. The highest BCUT2D eigenvalue weighted by Crippen LogP contribution is 2.30. The van der Waals surface area contributed by atoms with Crippen molar-refractivity contribution in [3.8, 4) is 5.75 Å². The molecule has 2 aliphatic carbocycles. The molecule has 1 aromatic carbocycles. The average Bonchev–Trinajstić information content (AvgIpc) is 3.36. The normalized spacial score (nSPS) is 17.7. The van der Waals surface area contributed by atoms with Crippen LogP contribution in [0.4, 0.5) is 5.69 Å². The Bertz CT molecular complexity index is 512. The first-order valence-corrected chi connectivity index (χ1v) is 7.43. The van der Waals surface area contributed by atoms with Gasteiger partial charge in [-0.1, -0.05) is 6.07 Å². The third kappa shape index (κ3) is 4.41. The number of ether oxygens (including phenoxy) is 2. The van der Waals surface area contributed by atoms with Gasteiger partial charge in [0.25, 0.3) is 0 Å². The van der Waals surface area contributed by atoms with E-state index in [-0.39, 0.29) is 18.2 Å². The van der Waals surface area contributed by atoms with Crippen molar-refractivity contribution >= 4 is 5.69 Å². The lowest BCUT2D eigenvalue weighted by atomic mass is 10.2. The maximum absolute atomic E-state index is 11.0. The summed E-state index contributed by atoms with van der Waals surface area (Å²) in [5, 5.41) is 14.4. The largest absolute Gasteiger partial charge is 0.460 e. The van der Waals surface area contributed by atoms with Gasteiger partial charge >= 0.3 is 5.69 Å². The van der Waals surface area contributed by atoms with Gasteiger partial charge in [0, 0.05) is 18.7 Å². The summed E-state index contributed by atoms with van der Waals surface area (Å²) in [5.41, 5.74) is 0.977. The van der Waals surface area contributed by atoms with Crippen LogP contribution in [0.1, 0.15) is 31.2 Å². The average molecular weight is 292 g/mol. The summed E-state index contributed by atoms with van der Waals surface area (Å²) in [4.78, 5) is 10.6. The Kier molecular flexibility index (Phi) is 4.36. The lowest BCUT2D eigenvalue weighted by Crippen LogP contribution is -2.15. The minimum absolute atomic E-state index is 0.0137. The molecule has 114 valence electrons. The van der Waals surface area contributed by atoms with E-state index < -0.39 is 4.92 Å². The van der Waals surface area contributed by atoms with Crippen LogP contribution in [-0.2, 0) is 11.3 Å². The molecule has 0 aliphatic heterocycles. The fraction of sp³-hybridized carbons (Fsp3) is 0.600. The van der Waals surface area contributed by atoms with E-state index >= 15 is 0 Å². The van der Waals surface area contributed by atoms with E-state index in [0.717, 1.165) is 5.56 Å². The molecule has 6 heteroatoms. The maximum Gasteiger partial charge on any atom is 0.311 e. The van der Waals surface area contributed by atoms with Crippen molar-refractivity contribution in [2.45, 2.75) is 38.3 Å². The molecule has 0 amide bonds. The molecular weight excluding hydrogens is 272 g/mol. The predicted octanol–water partition coefficient (Wildman–Crippen LogP) is 2.61. The van der Waals surface area contributed by atoms with E-state index in [9.17, 15) is 10.1 Å². The van der Waals surface area contributed by atoms with Crippen molar-refractivity contribution in [2.24, 2.45) is 5.92 Å². The molecule has 0 saturated heterocycles. The zero-order valence-electron chi connectivity index (χ0n) is 11.9. The van der Waals surface area contributed by atoms with Gasteiger partial charge in [0.2, 0.25) is 0 Å². The number of nitro groups is 1. The van der Waals surface area contributed by atoms with E-state index in [0.29, 0.717) is 25.1 Å². The number of benzene rings is 1. The Morgan fingerprint density at radius 2 is 2.10 bits per heavy atom. The summed E-state index contributed by atoms with van der Waals surface area (Å²) in [6.45, 7) is 1.45. The van der Waals surface area contributed by atoms with Crippen molar-refractivity contribution in [3.63, 3.8) is 0 Å². The van der Waals surface area contributed by atoms with Gasteiger partial charge in [-0.25, -0.2) is 0 Å². The Hall–Kier alpha value is -1.66. The van der Waals surface area contributed by atoms with Crippen molar-refractivity contribution in [2.75, 3.05) is 13.4 Å². The van der Waals surface area contributed by atoms with E-state index in [1.165, 1.54) is 31.7 Å². The summed E-state index contributed by atoms with van der Waals surface area (Å²) in [5.74, 6) is 0.934. The van der Waals surface area contributed by atoms with Gasteiger partial charge in [0.05, 0.1) is 11.5 Å². The number of hydrogen-bond acceptors (Lipinski definition) is 5. The molecule has 0 unspecified atom stereocenters. The number of nitrogens with zero attached hydrogens (tertiary/aromatic N) is 1. The van der Waals surface area contributed by atoms with Crippen molar-refractivity contribution < 1.29 is 14.4 Å². The predicted molar refractivity (Wildman–Crippen MR) is 77.1 cm³/mol. The van der Waals surface area contributed by atoms with Crippen LogP contribution in [0.15, 0.2) is 18.2 Å². The van der Waals surface area contributed by atoms with Gasteiger partial charge in [0.1, 0.15) is 0 Å². The van der Waals surface area contributed by atoms with Gasteiger partial charge in [0.15, 0.2) is 12.5 Å². The molecule has 0 bridgehead atoms. The Balaban J connectivity index is 1.58. The Labute approximate surface area is 123 Å². The fourth-order valence-electron chi connectivity index (χ4n) is 2.09. The zero-order chi connectivity index (χ0) is 14.7. The van der Waals surface area contributed by atoms with Crippen LogP contribution in [0.5, 0.6) is 5.75 Å². The van der Waals surface area contributed by atoms with Gasteiger partial charge in [-0.15, -0.1) is 0 Å². The minimum Gasteiger partial charge on any atom is -0.460 e. The van der Waals surface area contributed by atoms with E-state index in [1.54, 1.807) is 12.1 Å². The monoisotopic (exact) mass is 292 g/mol. The summed E-state index contributed by atoms with van der Waals surface area (Å²) >= 11 is 0. The number of nitrogens with one attached hydrogen (secondary N) is 1.